The predicted octanol–water partition coefficient (Wildman–Crippen LogP) is 1.01. The van der Waals surface area contributed by atoms with E-state index in [1.54, 1.807) is 0 Å². The number of carbonyl (C=O) groups excluding carboxylic acids is 1. The molecule has 58 valence electrons. The fraction of sp³-hybridized carbons (Fsp3) is 0.143. The van der Waals surface area contributed by atoms with Crippen LogP contribution in [0.1, 0.15) is 10.4 Å². The fourth-order valence-electron chi connectivity index (χ4n) is 0.638. The smallest absolute Gasteiger partial charge is 0.342 e. The minimum atomic E-state index is -0.712. The van der Waals surface area contributed by atoms with Gasteiger partial charge in [0.1, 0.15) is 11.4 Å². The van der Waals surface area contributed by atoms with Crippen LogP contribution in [0.25, 0.3) is 0 Å². The van der Waals surface area contributed by atoms with Gasteiger partial charge in [-0.05, 0) is 6.07 Å². The molecule has 0 amide bonds. The summed E-state index contributed by atoms with van der Waals surface area (Å²) in [7, 11) is 1.19. The molecule has 1 heterocycles. The summed E-state index contributed by atoms with van der Waals surface area (Å²) >= 11 is 0. The molecule has 0 saturated carbocycles. The standard InChI is InChI=1S/C7H6FNO2/c1-11-7(10)5-4-9-3-2-6(5)8/h2-4H,1H3. The van der Waals surface area contributed by atoms with Crippen molar-refractivity contribution in [3.8, 4) is 0 Å². The minimum absolute atomic E-state index is 0.144. The van der Waals surface area contributed by atoms with Gasteiger partial charge >= 0.3 is 5.97 Å². The van der Waals surface area contributed by atoms with Crippen LogP contribution in [0.2, 0.25) is 0 Å². The first-order valence-electron chi connectivity index (χ1n) is 2.93. The van der Waals surface area contributed by atoms with E-state index in [2.05, 4.69) is 9.72 Å². The maximum atomic E-state index is 12.7. The molecule has 0 spiro atoms. The number of nitrogens with zero attached hydrogens (tertiary/aromatic N) is 1. The Kier molecular flexibility index (Phi) is 2.15. The third kappa shape index (κ3) is 1.52. The summed E-state index contributed by atoms with van der Waals surface area (Å²) in [5, 5.41) is 0. The maximum absolute atomic E-state index is 12.7. The van der Waals surface area contributed by atoms with Gasteiger partial charge in [0.2, 0.25) is 0 Å². The van der Waals surface area contributed by atoms with Gasteiger partial charge in [0.15, 0.2) is 0 Å². The highest BCUT2D eigenvalue weighted by atomic mass is 19.1. The second-order valence-corrected chi connectivity index (χ2v) is 1.85. The van der Waals surface area contributed by atoms with E-state index in [0.29, 0.717) is 0 Å². The van der Waals surface area contributed by atoms with Crippen LogP contribution in [0.3, 0.4) is 0 Å². The van der Waals surface area contributed by atoms with Crippen molar-refractivity contribution in [2.75, 3.05) is 7.11 Å². The molecule has 0 atom stereocenters. The van der Waals surface area contributed by atoms with Crippen molar-refractivity contribution in [3.63, 3.8) is 0 Å². The van der Waals surface area contributed by atoms with Gasteiger partial charge in [0.05, 0.1) is 7.11 Å². The molecular formula is C7H6FNO2. The molecule has 0 aliphatic heterocycles. The Labute approximate surface area is 62.8 Å². The number of esters is 1. The number of ether oxygens (including phenoxy) is 1. The first kappa shape index (κ1) is 7.65. The lowest BCUT2D eigenvalue weighted by molar-refractivity contribution is 0.0595. The zero-order valence-electron chi connectivity index (χ0n) is 5.87. The molecule has 0 saturated heterocycles. The van der Waals surface area contributed by atoms with Gasteiger partial charge < -0.3 is 4.74 Å². The van der Waals surface area contributed by atoms with Gasteiger partial charge in [-0.3, -0.25) is 4.98 Å². The van der Waals surface area contributed by atoms with Gasteiger partial charge in [-0.2, -0.15) is 0 Å². The highest BCUT2D eigenvalue weighted by Gasteiger charge is 2.10. The SMILES string of the molecule is COC(=O)c1cnccc1F. The zero-order valence-corrected chi connectivity index (χ0v) is 5.87. The Hall–Kier alpha value is -1.45. The van der Waals surface area contributed by atoms with E-state index in [9.17, 15) is 9.18 Å². The van der Waals surface area contributed by atoms with Crippen LogP contribution in [0.4, 0.5) is 4.39 Å². The lowest BCUT2D eigenvalue weighted by Gasteiger charge is -1.97. The van der Waals surface area contributed by atoms with Crippen molar-refractivity contribution in [2.24, 2.45) is 0 Å². The number of methoxy groups -OCH3 is 1. The molecule has 0 unspecified atom stereocenters. The Morgan fingerprint density at radius 2 is 2.45 bits per heavy atom. The maximum Gasteiger partial charge on any atom is 0.342 e. The van der Waals surface area contributed by atoms with Crippen molar-refractivity contribution < 1.29 is 13.9 Å². The lowest BCUT2D eigenvalue weighted by atomic mass is 10.3. The highest BCUT2D eigenvalue weighted by Crippen LogP contribution is 2.04. The van der Waals surface area contributed by atoms with Crippen LogP contribution in [0.15, 0.2) is 18.5 Å². The van der Waals surface area contributed by atoms with Crippen LogP contribution < -0.4 is 0 Å². The fourth-order valence-corrected chi connectivity index (χ4v) is 0.638. The molecule has 0 aromatic carbocycles. The molecule has 0 fully saturated rings. The molecule has 0 bridgehead atoms. The van der Waals surface area contributed by atoms with Crippen LogP contribution in [0, 0.1) is 5.82 Å². The average Bonchev–Trinajstić information content (AvgIpc) is 2.04. The molecule has 3 nitrogen and oxygen atoms in total. The number of hydrogen-bond acceptors (Lipinski definition) is 3. The Balaban J connectivity index is 3.03. The van der Waals surface area contributed by atoms with Gasteiger partial charge in [0, 0.05) is 12.4 Å². The van der Waals surface area contributed by atoms with Gasteiger partial charge in [0.25, 0.3) is 0 Å². The molecule has 0 N–H and O–H groups in total. The molecule has 0 radical (unpaired) electrons. The number of hydrogen-bond donors (Lipinski definition) is 0. The molecular weight excluding hydrogens is 149 g/mol. The van der Waals surface area contributed by atoms with E-state index in [-0.39, 0.29) is 5.56 Å². The molecule has 1 rings (SSSR count). The minimum Gasteiger partial charge on any atom is -0.465 e. The van der Waals surface area contributed by atoms with E-state index >= 15 is 0 Å². The normalized spacial score (nSPS) is 9.27. The van der Waals surface area contributed by atoms with Crippen molar-refractivity contribution in [1.82, 2.24) is 4.98 Å². The summed E-state index contributed by atoms with van der Waals surface area (Å²) in [6.07, 6.45) is 2.39. The summed E-state index contributed by atoms with van der Waals surface area (Å²) < 4.78 is 17.0. The van der Waals surface area contributed by atoms with Crippen LogP contribution in [-0.4, -0.2) is 18.1 Å². The van der Waals surface area contributed by atoms with E-state index in [1.165, 1.54) is 13.3 Å². The molecule has 0 aliphatic carbocycles. The van der Waals surface area contributed by atoms with Crippen molar-refractivity contribution in [1.29, 1.82) is 0 Å². The van der Waals surface area contributed by atoms with Crippen LogP contribution in [-0.2, 0) is 4.74 Å². The quantitative estimate of drug-likeness (QED) is 0.568. The van der Waals surface area contributed by atoms with E-state index < -0.39 is 11.8 Å². The first-order chi connectivity index (χ1) is 5.25. The number of rotatable bonds is 1. The monoisotopic (exact) mass is 155 g/mol. The van der Waals surface area contributed by atoms with E-state index in [1.807, 2.05) is 0 Å². The van der Waals surface area contributed by atoms with Crippen LogP contribution in [0.5, 0.6) is 0 Å². The Bertz CT molecular complexity index is 275. The van der Waals surface area contributed by atoms with Crippen molar-refractivity contribution >= 4 is 5.97 Å². The largest absolute Gasteiger partial charge is 0.465 e. The number of carbonyl (C=O) groups is 1. The van der Waals surface area contributed by atoms with Gasteiger partial charge in [-0.1, -0.05) is 0 Å². The zero-order chi connectivity index (χ0) is 8.27. The van der Waals surface area contributed by atoms with E-state index in [0.717, 1.165) is 12.3 Å². The van der Waals surface area contributed by atoms with Gasteiger partial charge in [-0.25, -0.2) is 9.18 Å². The number of pyridine rings is 1. The van der Waals surface area contributed by atoms with Crippen molar-refractivity contribution in [2.45, 2.75) is 0 Å². The van der Waals surface area contributed by atoms with Crippen molar-refractivity contribution in [3.05, 3.63) is 29.8 Å². The molecule has 11 heavy (non-hydrogen) atoms. The second kappa shape index (κ2) is 3.09. The first-order valence-corrected chi connectivity index (χ1v) is 2.93. The molecule has 0 aliphatic rings. The van der Waals surface area contributed by atoms with Crippen LogP contribution >= 0.6 is 0 Å². The molecule has 4 heteroatoms. The summed E-state index contributed by atoms with van der Waals surface area (Å²) in [5.41, 5.74) is -0.144. The average molecular weight is 155 g/mol. The third-order valence-electron chi connectivity index (χ3n) is 1.17. The summed E-state index contributed by atoms with van der Waals surface area (Å²) in [6, 6.07) is 1.10. The molecule has 1 aromatic rings. The summed E-state index contributed by atoms with van der Waals surface area (Å²) in [6.45, 7) is 0. The summed E-state index contributed by atoms with van der Waals surface area (Å²) in [4.78, 5) is 14.3. The second-order valence-electron chi connectivity index (χ2n) is 1.85. The number of aromatic nitrogens is 1. The topological polar surface area (TPSA) is 39.2 Å². The number of halogens is 1. The Morgan fingerprint density at radius 3 is 3.00 bits per heavy atom. The lowest BCUT2D eigenvalue weighted by Crippen LogP contribution is -2.04. The predicted molar refractivity (Wildman–Crippen MR) is 35.5 cm³/mol. The van der Waals surface area contributed by atoms with E-state index in [4.69, 9.17) is 0 Å². The highest BCUT2D eigenvalue weighted by molar-refractivity contribution is 5.89. The Morgan fingerprint density at radius 1 is 1.73 bits per heavy atom. The summed E-state index contributed by atoms with van der Waals surface area (Å²) in [5.74, 6) is -1.33. The molecule has 1 aromatic heterocycles. The van der Waals surface area contributed by atoms with Gasteiger partial charge in [-0.15, -0.1) is 0 Å². The third-order valence-corrected chi connectivity index (χ3v) is 1.17.